The molecule has 4 heteroatoms. The summed E-state index contributed by atoms with van der Waals surface area (Å²) in [5.41, 5.74) is 7.53. The summed E-state index contributed by atoms with van der Waals surface area (Å²) in [4.78, 5) is 11.6. The summed E-state index contributed by atoms with van der Waals surface area (Å²) >= 11 is 0. The van der Waals surface area contributed by atoms with Gasteiger partial charge in [0.05, 0.1) is 0 Å². The van der Waals surface area contributed by atoms with Crippen molar-refractivity contribution < 1.29 is 9.53 Å². The lowest BCUT2D eigenvalue weighted by atomic mass is 10.1. The fraction of sp³-hybridized carbons (Fsp3) is 0.462. The monoisotopic (exact) mass is 234 g/mol. The maximum absolute atomic E-state index is 11.6. The maximum atomic E-state index is 11.6. The molecule has 0 bridgehead atoms. The molecule has 4 nitrogen and oxygen atoms in total. The van der Waals surface area contributed by atoms with Crippen LogP contribution in [0, 0.1) is 0 Å². The highest BCUT2D eigenvalue weighted by molar-refractivity contribution is 5.80. The zero-order valence-electron chi connectivity index (χ0n) is 9.82. The van der Waals surface area contributed by atoms with Crippen LogP contribution in [0.1, 0.15) is 18.4 Å². The fourth-order valence-corrected chi connectivity index (χ4v) is 1.91. The molecule has 0 unspecified atom stereocenters. The summed E-state index contributed by atoms with van der Waals surface area (Å²) in [7, 11) is 0. The first kappa shape index (κ1) is 11.9. The van der Waals surface area contributed by atoms with E-state index in [-0.39, 0.29) is 12.0 Å². The van der Waals surface area contributed by atoms with Crippen molar-refractivity contribution >= 4 is 11.6 Å². The van der Waals surface area contributed by atoms with E-state index in [0.29, 0.717) is 13.2 Å². The number of amides is 1. The number of nitrogens with two attached hydrogens (primary N) is 1. The summed E-state index contributed by atoms with van der Waals surface area (Å²) in [6, 6.07) is 7.70. The van der Waals surface area contributed by atoms with Crippen molar-refractivity contribution in [1.29, 1.82) is 0 Å². The summed E-state index contributed by atoms with van der Waals surface area (Å²) < 4.78 is 5.30. The molecule has 0 radical (unpaired) electrons. The van der Waals surface area contributed by atoms with Crippen LogP contribution in [0.15, 0.2) is 24.3 Å². The first-order chi connectivity index (χ1) is 8.25. The number of ether oxygens (including phenoxy) is 1. The van der Waals surface area contributed by atoms with E-state index in [4.69, 9.17) is 10.5 Å². The molecular formula is C13H18N2O2. The molecule has 1 atom stereocenters. The third kappa shape index (κ3) is 3.46. The average Bonchev–Trinajstić information content (AvgIpc) is 2.85. The van der Waals surface area contributed by atoms with Gasteiger partial charge in [-0.3, -0.25) is 4.79 Å². The summed E-state index contributed by atoms with van der Waals surface area (Å²) in [6.45, 7) is 1.35. The van der Waals surface area contributed by atoms with Gasteiger partial charge in [0.25, 0.3) is 0 Å². The van der Waals surface area contributed by atoms with E-state index < -0.39 is 0 Å². The fourth-order valence-electron chi connectivity index (χ4n) is 1.91. The van der Waals surface area contributed by atoms with Crippen molar-refractivity contribution in [2.75, 3.05) is 18.9 Å². The van der Waals surface area contributed by atoms with Gasteiger partial charge < -0.3 is 15.8 Å². The number of rotatable bonds is 4. The molecule has 2 rings (SSSR count). The first-order valence-corrected chi connectivity index (χ1v) is 5.99. The molecule has 17 heavy (non-hydrogen) atoms. The topological polar surface area (TPSA) is 64.3 Å². The summed E-state index contributed by atoms with van der Waals surface area (Å²) in [6.07, 6.45) is 2.41. The van der Waals surface area contributed by atoms with Gasteiger partial charge in [-0.15, -0.1) is 0 Å². The van der Waals surface area contributed by atoms with Gasteiger partial charge in [-0.25, -0.2) is 0 Å². The lowest BCUT2D eigenvalue weighted by Crippen LogP contribution is -2.35. The maximum Gasteiger partial charge on any atom is 0.249 e. The number of nitrogens with one attached hydrogen (secondary N) is 1. The Morgan fingerprint density at radius 2 is 2.18 bits per heavy atom. The number of benzene rings is 1. The van der Waals surface area contributed by atoms with Gasteiger partial charge in [-0.1, -0.05) is 12.1 Å². The van der Waals surface area contributed by atoms with E-state index in [2.05, 4.69) is 5.32 Å². The number of carbonyl (C=O) groups excluding carboxylic acids is 1. The number of hydrogen-bond donors (Lipinski definition) is 2. The second kappa shape index (κ2) is 5.68. The molecule has 0 aromatic heterocycles. The van der Waals surface area contributed by atoms with Crippen molar-refractivity contribution in [3.8, 4) is 0 Å². The second-order valence-corrected chi connectivity index (χ2v) is 4.28. The number of nitrogen functional groups attached to an aromatic ring is 1. The van der Waals surface area contributed by atoms with Crippen LogP contribution in [0.3, 0.4) is 0 Å². The molecule has 1 aliphatic rings. The lowest BCUT2D eigenvalue weighted by molar-refractivity contribution is -0.129. The van der Waals surface area contributed by atoms with Gasteiger partial charge >= 0.3 is 0 Å². The van der Waals surface area contributed by atoms with Crippen LogP contribution in [0.25, 0.3) is 0 Å². The Labute approximate surface area is 101 Å². The Balaban J connectivity index is 1.72. The van der Waals surface area contributed by atoms with Gasteiger partial charge in [-0.05, 0) is 37.0 Å². The van der Waals surface area contributed by atoms with Crippen LogP contribution in [0.2, 0.25) is 0 Å². The van der Waals surface area contributed by atoms with E-state index in [9.17, 15) is 4.79 Å². The van der Waals surface area contributed by atoms with Gasteiger partial charge in [0.2, 0.25) is 5.91 Å². The average molecular weight is 234 g/mol. The van der Waals surface area contributed by atoms with Crippen molar-refractivity contribution in [2.24, 2.45) is 0 Å². The van der Waals surface area contributed by atoms with Crippen LogP contribution >= 0.6 is 0 Å². The molecule has 1 aromatic carbocycles. The Hall–Kier alpha value is -1.55. The van der Waals surface area contributed by atoms with E-state index in [1.54, 1.807) is 0 Å². The van der Waals surface area contributed by atoms with Gasteiger partial charge in [-0.2, -0.15) is 0 Å². The predicted molar refractivity (Wildman–Crippen MR) is 66.5 cm³/mol. The molecule has 1 amide bonds. The highest BCUT2D eigenvalue weighted by Crippen LogP contribution is 2.11. The van der Waals surface area contributed by atoms with Crippen molar-refractivity contribution in [2.45, 2.75) is 25.4 Å². The van der Waals surface area contributed by atoms with Gasteiger partial charge in [0, 0.05) is 18.8 Å². The van der Waals surface area contributed by atoms with Crippen LogP contribution < -0.4 is 11.1 Å². The minimum Gasteiger partial charge on any atom is -0.399 e. The number of carbonyl (C=O) groups is 1. The summed E-state index contributed by atoms with van der Waals surface area (Å²) in [5, 5.41) is 2.89. The van der Waals surface area contributed by atoms with E-state index in [0.717, 1.165) is 24.9 Å². The molecule has 3 N–H and O–H groups in total. The van der Waals surface area contributed by atoms with E-state index in [1.165, 1.54) is 5.56 Å². The van der Waals surface area contributed by atoms with Crippen LogP contribution in [-0.4, -0.2) is 25.2 Å². The summed E-state index contributed by atoms with van der Waals surface area (Å²) in [5.74, 6) is 0.0120. The standard InChI is InChI=1S/C13H18N2O2/c14-11-5-3-10(4-6-11)7-8-15-13(16)12-2-1-9-17-12/h3-6,12H,1-2,7-9,14H2,(H,15,16)/t12-/m1/s1. The van der Waals surface area contributed by atoms with Crippen molar-refractivity contribution in [1.82, 2.24) is 5.32 Å². The van der Waals surface area contributed by atoms with Gasteiger partial charge in [0.15, 0.2) is 0 Å². The molecule has 1 aromatic rings. The smallest absolute Gasteiger partial charge is 0.249 e. The van der Waals surface area contributed by atoms with Crippen LogP contribution in [0.5, 0.6) is 0 Å². The van der Waals surface area contributed by atoms with E-state index in [1.807, 2.05) is 24.3 Å². The third-order valence-electron chi connectivity index (χ3n) is 2.91. The Morgan fingerprint density at radius 3 is 2.82 bits per heavy atom. The third-order valence-corrected chi connectivity index (χ3v) is 2.91. The second-order valence-electron chi connectivity index (χ2n) is 4.28. The van der Waals surface area contributed by atoms with Crippen molar-refractivity contribution in [3.05, 3.63) is 29.8 Å². The molecule has 1 fully saturated rings. The predicted octanol–water partition coefficient (Wildman–Crippen LogP) is 1.11. The molecule has 0 saturated carbocycles. The Bertz CT molecular complexity index is 370. The first-order valence-electron chi connectivity index (χ1n) is 5.99. The number of hydrogen-bond acceptors (Lipinski definition) is 3. The highest BCUT2D eigenvalue weighted by Gasteiger charge is 2.22. The van der Waals surface area contributed by atoms with Crippen LogP contribution in [-0.2, 0) is 16.0 Å². The zero-order valence-corrected chi connectivity index (χ0v) is 9.82. The largest absolute Gasteiger partial charge is 0.399 e. The Morgan fingerprint density at radius 1 is 1.41 bits per heavy atom. The van der Waals surface area contributed by atoms with Crippen LogP contribution in [0.4, 0.5) is 5.69 Å². The normalized spacial score (nSPS) is 19.2. The van der Waals surface area contributed by atoms with Crippen molar-refractivity contribution in [3.63, 3.8) is 0 Å². The molecule has 1 saturated heterocycles. The number of anilines is 1. The SMILES string of the molecule is Nc1ccc(CCNC(=O)[C@H]2CCCO2)cc1. The molecule has 1 aliphatic heterocycles. The van der Waals surface area contributed by atoms with Gasteiger partial charge in [0.1, 0.15) is 6.10 Å². The molecule has 92 valence electrons. The molecule has 1 heterocycles. The minimum absolute atomic E-state index is 0.0120. The zero-order chi connectivity index (χ0) is 12.1. The Kier molecular flexibility index (Phi) is 3.98. The quantitative estimate of drug-likeness (QED) is 0.767. The molecule has 0 spiro atoms. The molecule has 0 aliphatic carbocycles. The lowest BCUT2D eigenvalue weighted by Gasteiger charge is -2.10. The minimum atomic E-state index is -0.235. The molecular weight excluding hydrogens is 216 g/mol. The van der Waals surface area contributed by atoms with E-state index >= 15 is 0 Å². The highest BCUT2D eigenvalue weighted by atomic mass is 16.5.